The summed E-state index contributed by atoms with van der Waals surface area (Å²) in [5, 5.41) is 13.1. The predicted octanol–water partition coefficient (Wildman–Crippen LogP) is 3.84. The second-order valence-corrected chi connectivity index (χ2v) is 12.4. The molecular formula is C31H40N8O4. The van der Waals surface area contributed by atoms with Crippen LogP contribution in [-0.4, -0.2) is 82.4 Å². The minimum Gasteiger partial charge on any atom is -0.378 e. The number of urea groups is 1. The fourth-order valence-corrected chi connectivity index (χ4v) is 5.17. The van der Waals surface area contributed by atoms with Gasteiger partial charge in [-0.25, -0.2) is 9.78 Å². The summed E-state index contributed by atoms with van der Waals surface area (Å²) in [5.74, 6) is 0.243. The molecule has 4 amide bonds. The Morgan fingerprint density at radius 2 is 1.79 bits per heavy atom. The zero-order valence-electron chi connectivity index (χ0n) is 25.7. The van der Waals surface area contributed by atoms with Gasteiger partial charge >= 0.3 is 6.03 Å². The second-order valence-electron chi connectivity index (χ2n) is 12.4. The number of carbonyl (C=O) groups is 3. The number of hydrogen-bond donors (Lipinski definition) is 3. The molecule has 0 atom stereocenters. The number of morpholine rings is 1. The molecule has 3 aromatic rings. The molecule has 0 radical (unpaired) electrons. The van der Waals surface area contributed by atoms with Gasteiger partial charge in [-0.3, -0.25) is 14.3 Å². The van der Waals surface area contributed by atoms with E-state index in [9.17, 15) is 14.4 Å². The number of nitrogens with one attached hydrogen (secondary N) is 3. The van der Waals surface area contributed by atoms with Gasteiger partial charge in [0.05, 0.1) is 30.6 Å². The fraction of sp³-hybridized carbons (Fsp3) is 0.452. The summed E-state index contributed by atoms with van der Waals surface area (Å²) < 4.78 is 7.08. The molecule has 12 heteroatoms. The van der Waals surface area contributed by atoms with E-state index in [2.05, 4.69) is 30.9 Å². The Labute approximate surface area is 251 Å². The predicted molar refractivity (Wildman–Crippen MR) is 165 cm³/mol. The van der Waals surface area contributed by atoms with E-state index in [0.717, 1.165) is 35.6 Å². The van der Waals surface area contributed by atoms with Crippen LogP contribution in [0.4, 0.5) is 22.0 Å². The number of anilines is 3. The summed E-state index contributed by atoms with van der Waals surface area (Å²) in [4.78, 5) is 47.8. The smallest absolute Gasteiger partial charge is 0.323 e. The number of amides is 4. The van der Waals surface area contributed by atoms with E-state index in [-0.39, 0.29) is 17.3 Å². The first kappa shape index (κ1) is 30.0. The van der Waals surface area contributed by atoms with Crippen molar-refractivity contribution in [1.82, 2.24) is 25.0 Å². The quantitative estimate of drug-likeness (QED) is 0.412. The molecular weight excluding hydrogens is 548 g/mol. The van der Waals surface area contributed by atoms with Crippen molar-refractivity contribution in [2.75, 3.05) is 54.9 Å². The summed E-state index contributed by atoms with van der Waals surface area (Å²) in [5.41, 5.74) is 2.33. The standard InChI is InChI=1S/C31H40N8O4/c1-20-7-9-22(17-23(20)21-8-10-25(33-18-21)37-13-15-43-16-14-37)34-29(42)35-24-19-39(30(2,3)4)36-26(24)27(40)38-12-11-32-28(41)31(38,5)6/h7-10,17-19H,11-16H2,1-6H3,(H,32,41)(H2,34,35,42). The molecule has 2 aromatic heterocycles. The Balaban J connectivity index is 1.35. The summed E-state index contributed by atoms with van der Waals surface area (Å²) in [6.07, 6.45) is 3.49. The highest BCUT2D eigenvalue weighted by Crippen LogP contribution is 2.29. The molecule has 4 heterocycles. The van der Waals surface area contributed by atoms with Crippen molar-refractivity contribution < 1.29 is 19.1 Å². The van der Waals surface area contributed by atoms with Gasteiger partial charge < -0.3 is 30.5 Å². The highest BCUT2D eigenvalue weighted by Gasteiger charge is 2.42. The van der Waals surface area contributed by atoms with E-state index in [1.165, 1.54) is 4.90 Å². The summed E-state index contributed by atoms with van der Waals surface area (Å²) in [6, 6.07) is 9.19. The monoisotopic (exact) mass is 588 g/mol. The molecule has 12 nitrogen and oxygen atoms in total. The number of ether oxygens (including phenoxy) is 1. The number of pyridine rings is 1. The van der Waals surface area contributed by atoms with Crippen molar-refractivity contribution in [3.63, 3.8) is 0 Å². The number of aromatic nitrogens is 3. The van der Waals surface area contributed by atoms with Crippen LogP contribution in [0.2, 0.25) is 0 Å². The second kappa shape index (κ2) is 11.7. The van der Waals surface area contributed by atoms with Gasteiger partial charge in [-0.1, -0.05) is 6.07 Å². The van der Waals surface area contributed by atoms with Crippen LogP contribution in [0.3, 0.4) is 0 Å². The summed E-state index contributed by atoms with van der Waals surface area (Å²) >= 11 is 0. The largest absolute Gasteiger partial charge is 0.378 e. The zero-order chi connectivity index (χ0) is 30.9. The first-order chi connectivity index (χ1) is 20.3. The van der Waals surface area contributed by atoms with Crippen LogP contribution in [0.5, 0.6) is 0 Å². The van der Waals surface area contributed by atoms with Gasteiger partial charge in [0, 0.05) is 43.6 Å². The molecule has 43 heavy (non-hydrogen) atoms. The third kappa shape index (κ3) is 6.34. The van der Waals surface area contributed by atoms with Crippen LogP contribution in [0.15, 0.2) is 42.7 Å². The first-order valence-corrected chi connectivity index (χ1v) is 14.5. The van der Waals surface area contributed by atoms with Gasteiger partial charge in [0.15, 0.2) is 5.69 Å². The summed E-state index contributed by atoms with van der Waals surface area (Å²) in [6.45, 7) is 14.9. The average molecular weight is 589 g/mol. The van der Waals surface area contributed by atoms with Gasteiger partial charge in [-0.2, -0.15) is 5.10 Å². The van der Waals surface area contributed by atoms with Gasteiger partial charge in [0.2, 0.25) is 5.91 Å². The van der Waals surface area contributed by atoms with E-state index < -0.39 is 23.0 Å². The maximum atomic E-state index is 13.7. The van der Waals surface area contributed by atoms with Crippen molar-refractivity contribution in [3.05, 3.63) is 54.0 Å². The highest BCUT2D eigenvalue weighted by molar-refractivity contribution is 6.07. The minimum absolute atomic E-state index is 0.0730. The Morgan fingerprint density at radius 1 is 1.05 bits per heavy atom. The minimum atomic E-state index is -1.06. The number of carbonyl (C=O) groups excluding carboxylic acids is 3. The third-order valence-electron chi connectivity index (χ3n) is 7.84. The number of hydrogen-bond acceptors (Lipinski definition) is 7. The van der Waals surface area contributed by atoms with E-state index >= 15 is 0 Å². The van der Waals surface area contributed by atoms with Crippen LogP contribution in [0.1, 0.15) is 50.7 Å². The Morgan fingerprint density at radius 3 is 2.47 bits per heavy atom. The van der Waals surface area contributed by atoms with Gasteiger partial charge in [0.1, 0.15) is 11.4 Å². The Hall–Kier alpha value is -4.45. The van der Waals surface area contributed by atoms with Crippen LogP contribution < -0.4 is 20.9 Å². The first-order valence-electron chi connectivity index (χ1n) is 14.5. The molecule has 5 rings (SSSR count). The van der Waals surface area contributed by atoms with E-state index in [1.54, 1.807) is 24.7 Å². The Bertz CT molecular complexity index is 1520. The molecule has 2 saturated heterocycles. The molecule has 2 fully saturated rings. The van der Waals surface area contributed by atoms with Crippen molar-refractivity contribution in [2.24, 2.45) is 0 Å². The van der Waals surface area contributed by atoms with Crippen LogP contribution in [0.25, 0.3) is 11.1 Å². The molecule has 2 aliphatic heterocycles. The van der Waals surface area contributed by atoms with E-state index in [4.69, 9.17) is 4.74 Å². The van der Waals surface area contributed by atoms with Crippen LogP contribution >= 0.6 is 0 Å². The molecule has 1 aromatic carbocycles. The lowest BCUT2D eigenvalue weighted by Gasteiger charge is -2.40. The normalized spacial score (nSPS) is 16.9. The van der Waals surface area contributed by atoms with Crippen molar-refractivity contribution in [2.45, 2.75) is 52.6 Å². The van der Waals surface area contributed by atoms with Gasteiger partial charge in [-0.05, 0) is 76.9 Å². The van der Waals surface area contributed by atoms with Crippen molar-refractivity contribution in [3.8, 4) is 11.1 Å². The van der Waals surface area contributed by atoms with E-state index in [1.807, 2.05) is 64.2 Å². The lowest BCUT2D eigenvalue weighted by molar-refractivity contribution is -0.133. The molecule has 0 unspecified atom stereocenters. The maximum Gasteiger partial charge on any atom is 0.323 e. The number of rotatable bonds is 5. The summed E-state index contributed by atoms with van der Waals surface area (Å²) in [7, 11) is 0. The van der Waals surface area contributed by atoms with Gasteiger partial charge in [0.25, 0.3) is 5.91 Å². The lowest BCUT2D eigenvalue weighted by Crippen LogP contribution is -2.63. The van der Waals surface area contributed by atoms with Crippen molar-refractivity contribution >= 4 is 35.0 Å². The maximum absolute atomic E-state index is 13.7. The van der Waals surface area contributed by atoms with E-state index in [0.29, 0.717) is 32.0 Å². The zero-order valence-corrected chi connectivity index (χ0v) is 25.7. The number of aryl methyl sites for hydroxylation is 1. The number of nitrogens with zero attached hydrogens (tertiary/aromatic N) is 5. The average Bonchev–Trinajstić information content (AvgIpc) is 3.40. The topological polar surface area (TPSA) is 134 Å². The highest BCUT2D eigenvalue weighted by atomic mass is 16.5. The van der Waals surface area contributed by atoms with Crippen molar-refractivity contribution in [1.29, 1.82) is 0 Å². The number of piperazine rings is 1. The fourth-order valence-electron chi connectivity index (χ4n) is 5.17. The molecule has 0 bridgehead atoms. The Kier molecular flexibility index (Phi) is 8.15. The molecule has 2 aliphatic rings. The van der Waals surface area contributed by atoms with Crippen LogP contribution in [-0.2, 0) is 15.1 Å². The van der Waals surface area contributed by atoms with Crippen LogP contribution in [0, 0.1) is 6.92 Å². The third-order valence-corrected chi connectivity index (χ3v) is 7.84. The molecule has 3 N–H and O–H groups in total. The lowest BCUT2D eigenvalue weighted by atomic mass is 9.98. The van der Waals surface area contributed by atoms with Gasteiger partial charge in [-0.15, -0.1) is 0 Å². The molecule has 0 spiro atoms. The molecule has 228 valence electrons. The number of benzene rings is 1. The molecule has 0 aliphatic carbocycles. The SMILES string of the molecule is Cc1ccc(NC(=O)Nc2cn(C(C)(C)C)nc2C(=O)N2CCNC(=O)C2(C)C)cc1-c1ccc(N2CCOCC2)nc1. The molecule has 0 saturated carbocycles.